The van der Waals surface area contributed by atoms with Crippen LogP contribution >= 0.6 is 0 Å². The summed E-state index contributed by atoms with van der Waals surface area (Å²) in [6, 6.07) is 5.77. The lowest BCUT2D eigenvalue weighted by atomic mass is 9.95. The Kier molecular flexibility index (Phi) is 2.95. The van der Waals surface area contributed by atoms with Crippen molar-refractivity contribution in [2.45, 2.75) is 50.6 Å². The van der Waals surface area contributed by atoms with Crippen molar-refractivity contribution in [2.75, 3.05) is 11.4 Å². The van der Waals surface area contributed by atoms with Gasteiger partial charge < -0.3 is 4.90 Å². The summed E-state index contributed by atoms with van der Waals surface area (Å²) in [6.07, 6.45) is -1.94. The highest BCUT2D eigenvalue weighted by Crippen LogP contribution is 2.59. The molecule has 2 atom stereocenters. The Morgan fingerprint density at radius 2 is 2.00 bits per heavy atom. The summed E-state index contributed by atoms with van der Waals surface area (Å²) in [5, 5.41) is 0. The Balaban J connectivity index is 1.70. The molecule has 1 heterocycles. The predicted molar refractivity (Wildman–Crippen MR) is 81.4 cm³/mol. The summed E-state index contributed by atoms with van der Waals surface area (Å²) in [6.45, 7) is 3.18. The first kappa shape index (κ1) is 15.0. The number of amides is 1. The zero-order chi connectivity index (χ0) is 16.6. The second kappa shape index (κ2) is 4.52. The molecule has 0 N–H and O–H groups in total. The zero-order valence-electron chi connectivity index (χ0n) is 13.3. The SMILES string of the molecule is CC(C)[C@H]1C[C@@H]1c1ccc2c(c1)N(CC(F)(F)F)C(=O)C21CC1. The maximum absolute atomic E-state index is 12.9. The van der Waals surface area contributed by atoms with E-state index in [0.717, 1.165) is 22.4 Å². The van der Waals surface area contributed by atoms with E-state index in [2.05, 4.69) is 13.8 Å². The van der Waals surface area contributed by atoms with Crippen LogP contribution in [0, 0.1) is 11.8 Å². The normalized spacial score (nSPS) is 27.7. The summed E-state index contributed by atoms with van der Waals surface area (Å²) in [5.74, 6) is 1.25. The number of halogens is 3. The van der Waals surface area contributed by atoms with Crippen molar-refractivity contribution < 1.29 is 18.0 Å². The number of carbonyl (C=O) groups is 1. The Morgan fingerprint density at radius 1 is 1.30 bits per heavy atom. The lowest BCUT2D eigenvalue weighted by molar-refractivity contribution is -0.132. The Hall–Kier alpha value is -1.52. The number of carbonyl (C=O) groups excluding carboxylic acids is 1. The van der Waals surface area contributed by atoms with E-state index in [1.54, 1.807) is 0 Å². The molecule has 1 spiro atoms. The molecule has 1 amide bonds. The van der Waals surface area contributed by atoms with Crippen molar-refractivity contribution in [3.05, 3.63) is 29.3 Å². The summed E-state index contributed by atoms with van der Waals surface area (Å²) in [7, 11) is 0. The quantitative estimate of drug-likeness (QED) is 0.808. The van der Waals surface area contributed by atoms with Gasteiger partial charge in [-0.25, -0.2) is 0 Å². The third kappa shape index (κ3) is 2.27. The van der Waals surface area contributed by atoms with Gasteiger partial charge in [0.25, 0.3) is 0 Å². The molecular weight excluding hydrogens is 303 g/mol. The monoisotopic (exact) mass is 323 g/mol. The van der Waals surface area contributed by atoms with Crippen LogP contribution in [0.25, 0.3) is 0 Å². The van der Waals surface area contributed by atoms with Crippen LogP contribution in [-0.4, -0.2) is 18.6 Å². The minimum atomic E-state index is -4.37. The van der Waals surface area contributed by atoms with Gasteiger partial charge in [-0.3, -0.25) is 4.79 Å². The van der Waals surface area contributed by atoms with Crippen LogP contribution in [0.2, 0.25) is 0 Å². The maximum atomic E-state index is 12.9. The van der Waals surface area contributed by atoms with Gasteiger partial charge in [0.05, 0.1) is 5.41 Å². The average molecular weight is 323 g/mol. The lowest BCUT2D eigenvalue weighted by Gasteiger charge is -2.20. The smallest absolute Gasteiger partial charge is 0.302 e. The Bertz CT molecular complexity index is 675. The van der Waals surface area contributed by atoms with Gasteiger partial charge in [0.2, 0.25) is 5.91 Å². The molecule has 2 aliphatic carbocycles. The number of nitrogens with zero attached hydrogens (tertiary/aromatic N) is 1. The maximum Gasteiger partial charge on any atom is 0.406 e. The van der Waals surface area contributed by atoms with Crippen molar-refractivity contribution in [1.82, 2.24) is 0 Å². The minimum absolute atomic E-state index is 0.363. The van der Waals surface area contributed by atoms with E-state index >= 15 is 0 Å². The molecule has 1 aromatic carbocycles. The number of anilines is 1. The van der Waals surface area contributed by atoms with Gasteiger partial charge in [-0.15, -0.1) is 0 Å². The van der Waals surface area contributed by atoms with E-state index in [9.17, 15) is 18.0 Å². The van der Waals surface area contributed by atoms with E-state index in [1.807, 2.05) is 18.2 Å². The first-order valence-corrected chi connectivity index (χ1v) is 8.26. The molecule has 0 unspecified atom stereocenters. The fourth-order valence-electron chi connectivity index (χ4n) is 4.17. The first-order chi connectivity index (χ1) is 10.7. The van der Waals surface area contributed by atoms with Crippen molar-refractivity contribution >= 4 is 11.6 Å². The Morgan fingerprint density at radius 3 is 2.52 bits per heavy atom. The molecule has 0 aromatic heterocycles. The van der Waals surface area contributed by atoms with Gasteiger partial charge in [-0.05, 0) is 54.2 Å². The van der Waals surface area contributed by atoms with Crippen LogP contribution < -0.4 is 4.90 Å². The number of alkyl halides is 3. The van der Waals surface area contributed by atoms with E-state index < -0.39 is 18.1 Å². The number of hydrogen-bond donors (Lipinski definition) is 0. The van der Waals surface area contributed by atoms with Crippen LogP contribution in [0.4, 0.5) is 18.9 Å². The molecule has 3 aliphatic rings. The molecule has 2 saturated carbocycles. The van der Waals surface area contributed by atoms with E-state index in [0.29, 0.717) is 36.3 Å². The minimum Gasteiger partial charge on any atom is -0.302 e. The van der Waals surface area contributed by atoms with Crippen LogP contribution in [0.1, 0.15) is 50.2 Å². The van der Waals surface area contributed by atoms with Crippen molar-refractivity contribution in [2.24, 2.45) is 11.8 Å². The number of benzene rings is 1. The molecule has 0 bridgehead atoms. The van der Waals surface area contributed by atoms with Gasteiger partial charge in [-0.2, -0.15) is 13.2 Å². The molecule has 4 rings (SSSR count). The number of hydrogen-bond acceptors (Lipinski definition) is 1. The van der Waals surface area contributed by atoms with Crippen molar-refractivity contribution in [3.63, 3.8) is 0 Å². The van der Waals surface area contributed by atoms with Crippen LogP contribution in [-0.2, 0) is 10.2 Å². The molecule has 5 heteroatoms. The fourth-order valence-corrected chi connectivity index (χ4v) is 4.17. The van der Waals surface area contributed by atoms with E-state index in [4.69, 9.17) is 0 Å². The van der Waals surface area contributed by atoms with Gasteiger partial charge in [0.1, 0.15) is 6.54 Å². The second-order valence-electron chi connectivity index (χ2n) is 7.62. The Labute approximate surface area is 133 Å². The summed E-state index contributed by atoms with van der Waals surface area (Å²) in [4.78, 5) is 13.5. The largest absolute Gasteiger partial charge is 0.406 e. The molecule has 1 aromatic rings. The van der Waals surface area contributed by atoms with Gasteiger partial charge in [0, 0.05) is 5.69 Å². The summed E-state index contributed by atoms with van der Waals surface area (Å²) < 4.78 is 38.7. The number of fused-ring (bicyclic) bond motifs is 2. The van der Waals surface area contributed by atoms with Crippen molar-refractivity contribution in [3.8, 4) is 0 Å². The standard InChI is InChI=1S/C18H20F3NO/c1-10(2)12-8-13(12)11-3-4-14-15(7-11)22(9-18(19,20)21)16(23)17(14)5-6-17/h3-4,7,10,12-13H,5-6,8-9H2,1-2H3/t12-,13-/m1/s1. The highest BCUT2D eigenvalue weighted by atomic mass is 19.4. The summed E-state index contributed by atoms with van der Waals surface area (Å²) in [5.41, 5.74) is 1.73. The van der Waals surface area contributed by atoms with Crippen LogP contribution in [0.3, 0.4) is 0 Å². The third-order valence-corrected chi connectivity index (χ3v) is 5.69. The van der Waals surface area contributed by atoms with Gasteiger partial charge in [0.15, 0.2) is 0 Å². The lowest BCUT2D eigenvalue weighted by Crippen LogP contribution is -2.39. The molecule has 124 valence electrons. The molecule has 1 aliphatic heterocycles. The zero-order valence-corrected chi connectivity index (χ0v) is 13.3. The van der Waals surface area contributed by atoms with Crippen molar-refractivity contribution in [1.29, 1.82) is 0 Å². The first-order valence-electron chi connectivity index (χ1n) is 8.26. The average Bonchev–Trinajstić information content (AvgIpc) is 3.34. The third-order valence-electron chi connectivity index (χ3n) is 5.69. The van der Waals surface area contributed by atoms with Crippen LogP contribution in [0.5, 0.6) is 0 Å². The molecular formula is C18H20F3NO. The molecule has 2 fully saturated rings. The molecule has 0 saturated heterocycles. The highest BCUT2D eigenvalue weighted by Gasteiger charge is 2.60. The molecule has 0 radical (unpaired) electrons. The van der Waals surface area contributed by atoms with Gasteiger partial charge >= 0.3 is 6.18 Å². The highest BCUT2D eigenvalue weighted by molar-refractivity contribution is 6.10. The van der Waals surface area contributed by atoms with E-state index in [-0.39, 0.29) is 5.91 Å². The van der Waals surface area contributed by atoms with E-state index in [1.165, 1.54) is 0 Å². The topological polar surface area (TPSA) is 20.3 Å². The number of rotatable bonds is 3. The second-order valence-corrected chi connectivity index (χ2v) is 7.62. The van der Waals surface area contributed by atoms with Crippen LogP contribution in [0.15, 0.2) is 18.2 Å². The fraction of sp³-hybridized carbons (Fsp3) is 0.611. The predicted octanol–water partition coefficient (Wildman–Crippen LogP) is 4.39. The summed E-state index contributed by atoms with van der Waals surface area (Å²) >= 11 is 0. The van der Waals surface area contributed by atoms with Gasteiger partial charge in [-0.1, -0.05) is 26.0 Å². The molecule has 23 heavy (non-hydrogen) atoms. The molecule has 2 nitrogen and oxygen atoms in total.